The van der Waals surface area contributed by atoms with Crippen molar-refractivity contribution in [1.82, 2.24) is 15.1 Å². The molecule has 17 heavy (non-hydrogen) atoms. The molecule has 0 aromatic heterocycles. The maximum absolute atomic E-state index is 11.9. The molecule has 3 amide bonds. The molecule has 0 aromatic rings. The number of hydrogen-bond donors (Lipinski definition) is 1. The number of amides is 3. The van der Waals surface area contributed by atoms with Gasteiger partial charge in [0.05, 0.1) is 0 Å². The van der Waals surface area contributed by atoms with Crippen LogP contribution in [0, 0.1) is 0 Å². The molecule has 0 aromatic carbocycles. The Morgan fingerprint density at radius 3 is 1.94 bits per heavy atom. The Balaban J connectivity index is 2.38. The number of nitrogens with one attached hydrogen (secondary N) is 1. The summed E-state index contributed by atoms with van der Waals surface area (Å²) in [6.07, 6.45) is 1.91. The minimum Gasteiger partial charge on any atom is -0.339 e. The maximum Gasteiger partial charge on any atom is 0.317 e. The molecule has 1 aliphatic rings. The summed E-state index contributed by atoms with van der Waals surface area (Å²) in [6.45, 7) is 8.26. The largest absolute Gasteiger partial charge is 0.339 e. The summed E-state index contributed by atoms with van der Waals surface area (Å²) < 4.78 is 0. The van der Waals surface area contributed by atoms with Crippen molar-refractivity contribution >= 4 is 11.9 Å². The van der Waals surface area contributed by atoms with Crippen LogP contribution in [0.4, 0.5) is 4.79 Å². The van der Waals surface area contributed by atoms with Gasteiger partial charge in [-0.1, -0.05) is 13.8 Å². The van der Waals surface area contributed by atoms with Crippen molar-refractivity contribution in [2.45, 2.75) is 39.7 Å². The number of hydrogen-bond acceptors (Lipinski definition) is 2. The fourth-order valence-corrected chi connectivity index (χ4v) is 1.98. The summed E-state index contributed by atoms with van der Waals surface area (Å²) in [5.74, 6) is 0.0880. The van der Waals surface area contributed by atoms with Crippen LogP contribution in [0.15, 0.2) is 0 Å². The lowest BCUT2D eigenvalue weighted by Gasteiger charge is -2.35. The maximum atomic E-state index is 11.9. The predicted molar refractivity (Wildman–Crippen MR) is 66.7 cm³/mol. The molecule has 1 N–H and O–H groups in total. The molecule has 0 spiro atoms. The Kier molecular flexibility index (Phi) is 5.25. The molecular weight excluding hydrogens is 218 g/mol. The standard InChI is InChI=1S/C12H23N3O2/c1-4-11(5-2)13-12(17)15-8-6-14(7-9-15)10(3)16/h11H,4-9H2,1-3H3,(H,13,17). The first-order chi connectivity index (χ1) is 8.08. The second kappa shape index (κ2) is 6.47. The van der Waals surface area contributed by atoms with Crippen molar-refractivity contribution in [2.75, 3.05) is 26.2 Å². The van der Waals surface area contributed by atoms with Gasteiger partial charge in [-0.05, 0) is 12.8 Å². The summed E-state index contributed by atoms with van der Waals surface area (Å²) in [5, 5.41) is 3.01. The van der Waals surface area contributed by atoms with Gasteiger partial charge in [-0.15, -0.1) is 0 Å². The molecule has 0 atom stereocenters. The first kappa shape index (κ1) is 13.8. The zero-order valence-corrected chi connectivity index (χ0v) is 11.0. The third-order valence-electron chi connectivity index (χ3n) is 3.33. The molecule has 98 valence electrons. The molecule has 0 bridgehead atoms. The van der Waals surface area contributed by atoms with Crippen LogP contribution < -0.4 is 5.32 Å². The lowest BCUT2D eigenvalue weighted by Crippen LogP contribution is -2.54. The highest BCUT2D eigenvalue weighted by atomic mass is 16.2. The van der Waals surface area contributed by atoms with Crippen LogP contribution in [0.1, 0.15) is 33.6 Å². The highest BCUT2D eigenvalue weighted by Gasteiger charge is 2.23. The number of carbonyl (C=O) groups is 2. The van der Waals surface area contributed by atoms with Crippen LogP contribution in [0.5, 0.6) is 0 Å². The number of carbonyl (C=O) groups excluding carboxylic acids is 2. The van der Waals surface area contributed by atoms with Gasteiger partial charge in [-0.3, -0.25) is 4.79 Å². The molecule has 1 saturated heterocycles. The average Bonchev–Trinajstić information content (AvgIpc) is 2.35. The first-order valence-corrected chi connectivity index (χ1v) is 6.39. The second-order valence-electron chi connectivity index (χ2n) is 4.46. The number of piperazine rings is 1. The summed E-state index contributed by atoms with van der Waals surface area (Å²) in [5.41, 5.74) is 0. The predicted octanol–water partition coefficient (Wildman–Crippen LogP) is 1.05. The highest BCUT2D eigenvalue weighted by Crippen LogP contribution is 2.04. The van der Waals surface area contributed by atoms with Crippen LogP contribution in [0.3, 0.4) is 0 Å². The summed E-state index contributed by atoms with van der Waals surface area (Å²) in [7, 11) is 0. The molecule has 5 nitrogen and oxygen atoms in total. The van der Waals surface area contributed by atoms with Crippen LogP contribution in [0.25, 0.3) is 0 Å². The van der Waals surface area contributed by atoms with Gasteiger partial charge in [0.1, 0.15) is 0 Å². The number of urea groups is 1. The Hall–Kier alpha value is -1.26. The van der Waals surface area contributed by atoms with Crippen molar-refractivity contribution in [3.05, 3.63) is 0 Å². The smallest absolute Gasteiger partial charge is 0.317 e. The zero-order chi connectivity index (χ0) is 12.8. The van der Waals surface area contributed by atoms with Crippen molar-refractivity contribution in [3.8, 4) is 0 Å². The van der Waals surface area contributed by atoms with E-state index >= 15 is 0 Å². The van der Waals surface area contributed by atoms with Gasteiger partial charge >= 0.3 is 6.03 Å². The average molecular weight is 241 g/mol. The monoisotopic (exact) mass is 241 g/mol. The minimum absolute atomic E-state index is 0.00176. The molecule has 1 rings (SSSR count). The molecule has 1 fully saturated rings. The van der Waals surface area contributed by atoms with Crippen LogP contribution >= 0.6 is 0 Å². The third kappa shape index (κ3) is 3.91. The lowest BCUT2D eigenvalue weighted by atomic mass is 10.2. The van der Waals surface area contributed by atoms with E-state index < -0.39 is 0 Å². The van der Waals surface area contributed by atoms with Gasteiger partial charge < -0.3 is 15.1 Å². The summed E-state index contributed by atoms with van der Waals surface area (Å²) >= 11 is 0. The molecule has 5 heteroatoms. The molecule has 0 aliphatic carbocycles. The van der Waals surface area contributed by atoms with E-state index in [0.29, 0.717) is 26.2 Å². The highest BCUT2D eigenvalue weighted by molar-refractivity contribution is 5.76. The van der Waals surface area contributed by atoms with Gasteiger partial charge in [-0.2, -0.15) is 0 Å². The first-order valence-electron chi connectivity index (χ1n) is 6.39. The van der Waals surface area contributed by atoms with Gasteiger partial charge in [0, 0.05) is 39.1 Å². The van der Waals surface area contributed by atoms with Gasteiger partial charge in [-0.25, -0.2) is 4.79 Å². The summed E-state index contributed by atoms with van der Waals surface area (Å²) in [6, 6.07) is 0.259. The van der Waals surface area contributed by atoms with E-state index in [4.69, 9.17) is 0 Å². The second-order valence-corrected chi connectivity index (χ2v) is 4.46. The fourth-order valence-electron chi connectivity index (χ4n) is 1.98. The Labute approximate surface area is 103 Å². The lowest BCUT2D eigenvalue weighted by molar-refractivity contribution is -0.130. The van der Waals surface area contributed by atoms with Crippen molar-refractivity contribution < 1.29 is 9.59 Å². The van der Waals surface area contributed by atoms with Crippen molar-refractivity contribution in [2.24, 2.45) is 0 Å². The number of nitrogens with zero attached hydrogens (tertiary/aromatic N) is 2. The molecule has 0 saturated carbocycles. The molecule has 1 aliphatic heterocycles. The Morgan fingerprint density at radius 2 is 1.53 bits per heavy atom. The van der Waals surface area contributed by atoms with E-state index in [9.17, 15) is 9.59 Å². The van der Waals surface area contributed by atoms with Crippen LogP contribution in [-0.4, -0.2) is 54.0 Å². The molecule has 0 radical (unpaired) electrons. The van der Waals surface area contributed by atoms with Gasteiger partial charge in [0.2, 0.25) is 5.91 Å². The Morgan fingerprint density at radius 1 is 1.06 bits per heavy atom. The van der Waals surface area contributed by atoms with Gasteiger partial charge in [0.25, 0.3) is 0 Å². The van der Waals surface area contributed by atoms with Crippen molar-refractivity contribution in [3.63, 3.8) is 0 Å². The summed E-state index contributed by atoms with van der Waals surface area (Å²) in [4.78, 5) is 26.6. The number of rotatable bonds is 3. The minimum atomic E-state index is 0.00176. The zero-order valence-electron chi connectivity index (χ0n) is 11.0. The quantitative estimate of drug-likeness (QED) is 0.803. The van der Waals surface area contributed by atoms with E-state index in [1.165, 1.54) is 0 Å². The molecular formula is C12H23N3O2. The van der Waals surface area contributed by atoms with E-state index in [2.05, 4.69) is 19.2 Å². The SMILES string of the molecule is CCC(CC)NC(=O)N1CCN(C(C)=O)CC1. The topological polar surface area (TPSA) is 52.7 Å². The Bertz CT molecular complexity index is 269. The molecule has 1 heterocycles. The van der Waals surface area contributed by atoms with E-state index in [0.717, 1.165) is 12.8 Å². The van der Waals surface area contributed by atoms with Gasteiger partial charge in [0.15, 0.2) is 0 Å². The normalized spacial score (nSPS) is 16.2. The van der Waals surface area contributed by atoms with E-state index in [1.807, 2.05) is 0 Å². The van der Waals surface area contributed by atoms with Crippen LogP contribution in [0.2, 0.25) is 0 Å². The fraction of sp³-hybridized carbons (Fsp3) is 0.833. The third-order valence-corrected chi connectivity index (χ3v) is 3.33. The van der Waals surface area contributed by atoms with E-state index in [1.54, 1.807) is 16.7 Å². The van der Waals surface area contributed by atoms with E-state index in [-0.39, 0.29) is 18.0 Å². The van der Waals surface area contributed by atoms with Crippen molar-refractivity contribution in [1.29, 1.82) is 0 Å². The molecule has 0 unspecified atom stereocenters. The van der Waals surface area contributed by atoms with Crippen LogP contribution in [-0.2, 0) is 4.79 Å².